The summed E-state index contributed by atoms with van der Waals surface area (Å²) in [4.78, 5) is 41.3. The van der Waals surface area contributed by atoms with Crippen molar-refractivity contribution in [3.63, 3.8) is 0 Å². The normalized spacial score (nSPS) is 16.6. The summed E-state index contributed by atoms with van der Waals surface area (Å²) < 4.78 is 0. The number of pyridine rings is 2. The topological polar surface area (TPSA) is 113 Å². The van der Waals surface area contributed by atoms with E-state index >= 15 is 0 Å². The van der Waals surface area contributed by atoms with Crippen molar-refractivity contribution in [2.45, 2.75) is 52.6 Å². The molecule has 0 radical (unpaired) electrons. The quantitative estimate of drug-likeness (QED) is 0.338. The predicted octanol–water partition coefficient (Wildman–Crippen LogP) is 4.76. The Hall–Kier alpha value is -4.02. The van der Waals surface area contributed by atoms with Crippen LogP contribution >= 0.6 is 0 Å². The maximum absolute atomic E-state index is 11.7. The van der Waals surface area contributed by atoms with Gasteiger partial charge in [0, 0.05) is 77.8 Å². The Labute approximate surface area is 259 Å². The zero-order valence-corrected chi connectivity index (χ0v) is 26.2. The van der Waals surface area contributed by atoms with Crippen molar-refractivity contribution in [3.05, 3.63) is 82.2 Å². The maximum Gasteiger partial charge on any atom is 0.339 e. The third-order valence-corrected chi connectivity index (χ3v) is 8.79. The van der Waals surface area contributed by atoms with Crippen LogP contribution in [0.4, 0.5) is 11.6 Å². The highest BCUT2D eigenvalue weighted by Gasteiger charge is 2.27. The first-order chi connectivity index (χ1) is 21.1. The molecule has 2 aliphatic heterocycles. The molecular weight excluding hydrogens is 556 g/mol. The number of rotatable bonds is 10. The molecule has 1 aromatic carbocycles. The number of carboxylic acid groups (broad SMARTS) is 2. The second-order valence-electron chi connectivity index (χ2n) is 12.4. The van der Waals surface area contributed by atoms with E-state index < -0.39 is 11.9 Å². The second-order valence-corrected chi connectivity index (χ2v) is 12.4. The smallest absolute Gasteiger partial charge is 0.339 e. The van der Waals surface area contributed by atoms with Crippen molar-refractivity contribution >= 4 is 23.6 Å². The lowest BCUT2D eigenvalue weighted by atomic mass is 9.83. The molecule has 0 spiro atoms. The summed E-state index contributed by atoms with van der Waals surface area (Å²) in [6.07, 6.45) is 3.32. The number of piperazine rings is 2. The average molecular weight is 601 g/mol. The van der Waals surface area contributed by atoms with E-state index in [4.69, 9.17) is 0 Å². The molecule has 2 N–H and O–H groups in total. The van der Waals surface area contributed by atoms with Crippen LogP contribution < -0.4 is 9.80 Å². The fourth-order valence-corrected chi connectivity index (χ4v) is 6.72. The maximum atomic E-state index is 11.7. The molecule has 2 aromatic heterocycles. The van der Waals surface area contributed by atoms with Gasteiger partial charge in [0.15, 0.2) is 0 Å². The van der Waals surface area contributed by atoms with Crippen LogP contribution in [-0.2, 0) is 13.1 Å². The Morgan fingerprint density at radius 2 is 1.00 bits per heavy atom. The Morgan fingerprint density at radius 1 is 0.636 bits per heavy atom. The number of anilines is 2. The lowest BCUT2D eigenvalue weighted by Gasteiger charge is -2.37. The Morgan fingerprint density at radius 3 is 1.32 bits per heavy atom. The Kier molecular flexibility index (Phi) is 9.80. The standard InChI is InChI=1S/C34H44N6O4/c1-23(2)29-25(21-37-13-17-39(18-14-37)31-27(33(41)42)7-5-11-35-31)9-10-26(30(29)24(3)4)22-38-15-19-40(20-16-38)32-28(34(43)44)8-6-12-36-32/h5-12,23-24H,13-22H2,1-4H3,(H,41,42)(H,43,44). The zero-order valence-electron chi connectivity index (χ0n) is 26.2. The lowest BCUT2D eigenvalue weighted by molar-refractivity contribution is 0.0686. The van der Waals surface area contributed by atoms with Crippen molar-refractivity contribution in [3.8, 4) is 0 Å². The first-order valence-electron chi connectivity index (χ1n) is 15.6. The van der Waals surface area contributed by atoms with E-state index in [2.05, 4.69) is 69.4 Å². The molecule has 10 nitrogen and oxygen atoms in total. The van der Waals surface area contributed by atoms with E-state index in [1.807, 2.05) is 0 Å². The van der Waals surface area contributed by atoms with Gasteiger partial charge in [-0.3, -0.25) is 9.80 Å². The fraction of sp³-hybridized carbons (Fsp3) is 0.471. The Bertz CT molecular complexity index is 1370. The van der Waals surface area contributed by atoms with E-state index in [-0.39, 0.29) is 11.1 Å². The van der Waals surface area contributed by atoms with Gasteiger partial charge >= 0.3 is 11.9 Å². The number of carbonyl (C=O) groups is 2. The van der Waals surface area contributed by atoms with Crippen LogP contribution in [0.15, 0.2) is 48.8 Å². The van der Waals surface area contributed by atoms with Crippen molar-refractivity contribution in [1.82, 2.24) is 19.8 Å². The van der Waals surface area contributed by atoms with Gasteiger partial charge in [-0.05, 0) is 58.4 Å². The fourth-order valence-electron chi connectivity index (χ4n) is 6.72. The van der Waals surface area contributed by atoms with Crippen molar-refractivity contribution < 1.29 is 19.8 Å². The summed E-state index contributed by atoms with van der Waals surface area (Å²) in [5, 5.41) is 19.2. The van der Waals surface area contributed by atoms with E-state index in [1.54, 1.807) is 36.7 Å². The molecule has 44 heavy (non-hydrogen) atoms. The molecule has 2 fully saturated rings. The van der Waals surface area contributed by atoms with Crippen molar-refractivity contribution in [2.24, 2.45) is 0 Å². The molecular formula is C34H44N6O4. The monoisotopic (exact) mass is 600 g/mol. The molecule has 2 saturated heterocycles. The molecule has 0 atom stereocenters. The Balaban J connectivity index is 1.27. The number of hydrogen-bond donors (Lipinski definition) is 2. The lowest BCUT2D eigenvalue weighted by Crippen LogP contribution is -2.47. The van der Waals surface area contributed by atoms with Gasteiger partial charge in [0.05, 0.1) is 0 Å². The summed E-state index contributed by atoms with van der Waals surface area (Å²) in [5.74, 6) is -0.0209. The van der Waals surface area contributed by atoms with Crippen LogP contribution in [0.1, 0.15) is 82.5 Å². The van der Waals surface area contributed by atoms with E-state index in [0.717, 1.165) is 65.4 Å². The number of aromatic nitrogens is 2. The third kappa shape index (κ3) is 6.87. The third-order valence-electron chi connectivity index (χ3n) is 8.79. The molecule has 3 aromatic rings. The van der Waals surface area contributed by atoms with E-state index in [0.29, 0.717) is 23.5 Å². The second kappa shape index (κ2) is 13.7. The molecule has 10 heteroatoms. The molecule has 4 heterocycles. The van der Waals surface area contributed by atoms with E-state index in [1.165, 1.54) is 22.3 Å². The molecule has 0 saturated carbocycles. The molecule has 0 bridgehead atoms. The largest absolute Gasteiger partial charge is 0.478 e. The minimum absolute atomic E-state index is 0.253. The average Bonchev–Trinajstić information content (AvgIpc) is 3.02. The summed E-state index contributed by atoms with van der Waals surface area (Å²) in [5.41, 5.74) is 6.12. The molecule has 2 aliphatic rings. The van der Waals surface area contributed by atoms with Gasteiger partial charge < -0.3 is 20.0 Å². The number of nitrogens with zero attached hydrogens (tertiary/aromatic N) is 6. The van der Waals surface area contributed by atoms with Gasteiger partial charge in [0.1, 0.15) is 22.8 Å². The minimum Gasteiger partial charge on any atom is -0.478 e. The summed E-state index contributed by atoms with van der Waals surface area (Å²) >= 11 is 0. The van der Waals surface area contributed by atoms with Crippen LogP contribution in [0.25, 0.3) is 0 Å². The highest BCUT2D eigenvalue weighted by atomic mass is 16.4. The summed E-state index contributed by atoms with van der Waals surface area (Å²) in [6.45, 7) is 17.2. The predicted molar refractivity (Wildman–Crippen MR) is 172 cm³/mol. The minimum atomic E-state index is -0.944. The van der Waals surface area contributed by atoms with Gasteiger partial charge in [-0.15, -0.1) is 0 Å². The molecule has 234 valence electrons. The van der Waals surface area contributed by atoms with Gasteiger partial charge in [-0.1, -0.05) is 39.8 Å². The molecule has 5 rings (SSSR count). The van der Waals surface area contributed by atoms with Gasteiger partial charge in [-0.2, -0.15) is 0 Å². The molecule has 0 amide bonds. The van der Waals surface area contributed by atoms with Crippen molar-refractivity contribution in [1.29, 1.82) is 0 Å². The number of aromatic carboxylic acids is 2. The number of hydrogen-bond acceptors (Lipinski definition) is 8. The van der Waals surface area contributed by atoms with Gasteiger partial charge in [-0.25, -0.2) is 19.6 Å². The van der Waals surface area contributed by atoms with Crippen molar-refractivity contribution in [2.75, 3.05) is 62.2 Å². The summed E-state index contributed by atoms with van der Waals surface area (Å²) in [6, 6.07) is 11.2. The molecule has 0 aliphatic carbocycles. The highest BCUT2D eigenvalue weighted by Crippen LogP contribution is 2.34. The first-order valence-corrected chi connectivity index (χ1v) is 15.6. The number of benzene rings is 1. The highest BCUT2D eigenvalue weighted by molar-refractivity contribution is 5.93. The van der Waals surface area contributed by atoms with Crippen LogP contribution in [0.3, 0.4) is 0 Å². The number of carboxylic acids is 2. The van der Waals surface area contributed by atoms with Crippen LogP contribution in [0, 0.1) is 0 Å². The van der Waals surface area contributed by atoms with Gasteiger partial charge in [0.2, 0.25) is 0 Å². The van der Waals surface area contributed by atoms with Crippen LogP contribution in [0.2, 0.25) is 0 Å². The molecule has 0 unspecified atom stereocenters. The van der Waals surface area contributed by atoms with E-state index in [9.17, 15) is 19.8 Å². The van der Waals surface area contributed by atoms with Gasteiger partial charge in [0.25, 0.3) is 0 Å². The van der Waals surface area contributed by atoms with Crippen LogP contribution in [0.5, 0.6) is 0 Å². The summed E-state index contributed by atoms with van der Waals surface area (Å²) in [7, 11) is 0. The SMILES string of the molecule is CC(C)c1c(CN2CCN(c3ncccc3C(=O)O)CC2)ccc(CN2CCN(c3ncccc3C(=O)O)CC2)c1C(C)C. The van der Waals surface area contributed by atoms with Crippen LogP contribution in [-0.4, -0.2) is 94.3 Å². The zero-order chi connectivity index (χ0) is 31.4. The first kappa shape index (κ1) is 31.4.